The van der Waals surface area contributed by atoms with Crippen molar-refractivity contribution >= 4 is 154 Å². The quantitative estimate of drug-likeness (QED) is 0.166. The van der Waals surface area contributed by atoms with Gasteiger partial charge in [-0.15, -0.1) is 0 Å². The Morgan fingerprint density at radius 3 is 1.22 bits per heavy atom. The van der Waals surface area contributed by atoms with Crippen molar-refractivity contribution in [2.45, 2.75) is 59.3 Å². The van der Waals surface area contributed by atoms with Crippen molar-refractivity contribution in [1.29, 1.82) is 0 Å². The Labute approximate surface area is 467 Å². The van der Waals surface area contributed by atoms with Gasteiger partial charge in [-0.2, -0.15) is 0 Å². The van der Waals surface area contributed by atoms with Gasteiger partial charge in [-0.25, -0.2) is 0 Å². The SMILES string of the molecule is Cc1ccc2c(oc3c(C(C)(C)C)cccc32)c1N(c1ccccc1)c1ccc2c3cccc4c5cc6c(cc5n(c2c1)c34)c1cccc2c3ccc(N(c4ccccc4)c4cccc5c4oc4c(C(C)(C)C)cccc45)cc3n6c21. The second-order valence-corrected chi connectivity index (χ2v) is 24.5. The fraction of sp³-hybridized carbons (Fsp3) is 0.120. The van der Waals surface area contributed by atoms with E-state index in [2.05, 4.69) is 279 Å². The topological polar surface area (TPSA) is 41.6 Å². The number of rotatable bonds is 6. The van der Waals surface area contributed by atoms with Crippen LogP contribution in [0.25, 0.3) is 120 Å². The van der Waals surface area contributed by atoms with Crippen LogP contribution in [0.2, 0.25) is 0 Å². The first kappa shape index (κ1) is 46.2. The molecule has 0 bridgehead atoms. The van der Waals surface area contributed by atoms with Crippen LogP contribution in [0.15, 0.2) is 221 Å². The zero-order chi connectivity index (χ0) is 54.4. The molecule has 0 unspecified atom stereocenters. The molecule has 388 valence electrons. The number of aryl methyl sites for hydroxylation is 1. The molecule has 0 saturated carbocycles. The maximum absolute atomic E-state index is 7.14. The number of hydrogen-bond donors (Lipinski definition) is 0. The van der Waals surface area contributed by atoms with Crippen LogP contribution in [0.1, 0.15) is 58.2 Å². The molecule has 0 radical (unpaired) electrons. The van der Waals surface area contributed by atoms with E-state index in [1.54, 1.807) is 0 Å². The van der Waals surface area contributed by atoms with Gasteiger partial charge in [0.05, 0.1) is 44.5 Å². The van der Waals surface area contributed by atoms with E-state index in [9.17, 15) is 0 Å². The highest BCUT2D eigenvalue weighted by Crippen LogP contribution is 2.51. The third-order valence-corrected chi connectivity index (χ3v) is 17.7. The Hall–Kier alpha value is -9.78. The predicted molar refractivity (Wildman–Crippen MR) is 342 cm³/mol. The van der Waals surface area contributed by atoms with Crippen molar-refractivity contribution in [2.24, 2.45) is 0 Å². The highest BCUT2D eigenvalue weighted by molar-refractivity contribution is 6.29. The number of aromatic nitrogens is 2. The second kappa shape index (κ2) is 16.2. The van der Waals surface area contributed by atoms with Crippen molar-refractivity contribution in [3.8, 4) is 0 Å². The molecule has 0 N–H and O–H groups in total. The number of nitrogens with zero attached hydrogens (tertiary/aromatic N) is 4. The Bertz CT molecular complexity index is 5450. The van der Waals surface area contributed by atoms with Gasteiger partial charge in [-0.1, -0.05) is 187 Å². The summed E-state index contributed by atoms with van der Waals surface area (Å²) in [5.41, 5.74) is 20.5. The van der Waals surface area contributed by atoms with Gasteiger partial charge in [-0.3, -0.25) is 0 Å². The first-order valence-electron chi connectivity index (χ1n) is 28.3. The maximum Gasteiger partial charge on any atom is 0.159 e. The first-order valence-corrected chi connectivity index (χ1v) is 28.3. The van der Waals surface area contributed by atoms with Gasteiger partial charge in [0.25, 0.3) is 0 Å². The fourth-order valence-corrected chi connectivity index (χ4v) is 14.1. The Morgan fingerprint density at radius 2 is 0.704 bits per heavy atom. The molecule has 0 aliphatic rings. The Balaban J connectivity index is 0.892. The van der Waals surface area contributed by atoms with E-state index in [-0.39, 0.29) is 10.8 Å². The van der Waals surface area contributed by atoms with Gasteiger partial charge in [0.15, 0.2) is 11.2 Å². The Kier molecular flexibility index (Phi) is 9.22. The minimum atomic E-state index is -0.0926. The molecule has 6 aromatic heterocycles. The lowest BCUT2D eigenvalue weighted by atomic mass is 9.86. The van der Waals surface area contributed by atoms with Crippen LogP contribution in [-0.2, 0) is 10.8 Å². The molecule has 0 aliphatic carbocycles. The average molecular weight is 1050 g/mol. The maximum atomic E-state index is 7.14. The van der Waals surface area contributed by atoms with E-state index in [4.69, 9.17) is 8.83 Å². The standard InChI is InChI=1S/C75H56N4O2/c1-43-33-36-57-55-28-17-31-61(75(5,6)7)71(55)81-73(57)67(43)77(45-21-12-9-13-22-45)47-35-38-49-51-24-15-26-53-59-41-65-58(42-66(59)79(69(51)53)64(49)40-47)52-25-14-23-50-48-37-34-46(39-63(48)78(65)68(50)52)76(44-19-10-8-11-20-44)62-32-18-29-56-54-27-16-30-60(74(2,3)4)70(54)80-72(56)62/h8-42H,1-7H3. The van der Waals surface area contributed by atoms with E-state index in [0.29, 0.717) is 0 Å². The van der Waals surface area contributed by atoms with E-state index < -0.39 is 0 Å². The van der Waals surface area contributed by atoms with Gasteiger partial charge in [0, 0.05) is 98.5 Å². The van der Waals surface area contributed by atoms with Crippen LogP contribution in [0.4, 0.5) is 34.1 Å². The summed E-state index contributed by atoms with van der Waals surface area (Å²) < 4.78 is 19.3. The third kappa shape index (κ3) is 6.33. The summed E-state index contributed by atoms with van der Waals surface area (Å²) in [6.45, 7) is 15.8. The number of anilines is 6. The van der Waals surface area contributed by atoms with Crippen molar-refractivity contribution in [1.82, 2.24) is 8.80 Å². The van der Waals surface area contributed by atoms with Crippen LogP contribution >= 0.6 is 0 Å². The van der Waals surface area contributed by atoms with E-state index in [0.717, 1.165) is 89.1 Å². The molecular formula is C75H56N4O2. The van der Waals surface area contributed by atoms with Crippen LogP contribution in [0.5, 0.6) is 0 Å². The third-order valence-electron chi connectivity index (χ3n) is 17.7. The lowest BCUT2D eigenvalue weighted by molar-refractivity contribution is 0.572. The molecule has 17 rings (SSSR count). The van der Waals surface area contributed by atoms with Gasteiger partial charge < -0.3 is 27.4 Å². The smallest absolute Gasteiger partial charge is 0.159 e. The second-order valence-electron chi connectivity index (χ2n) is 24.5. The summed E-state index contributed by atoms with van der Waals surface area (Å²) in [6, 6.07) is 78.4. The van der Waals surface area contributed by atoms with Crippen LogP contribution < -0.4 is 9.80 Å². The van der Waals surface area contributed by atoms with Crippen molar-refractivity contribution in [3.05, 3.63) is 229 Å². The fourth-order valence-electron chi connectivity index (χ4n) is 14.1. The molecule has 0 aliphatic heterocycles. The van der Waals surface area contributed by atoms with E-state index in [1.807, 2.05) is 0 Å². The Morgan fingerprint density at radius 1 is 0.309 bits per heavy atom. The van der Waals surface area contributed by atoms with Gasteiger partial charge in [0.2, 0.25) is 0 Å². The summed E-state index contributed by atoms with van der Waals surface area (Å²) in [7, 11) is 0. The lowest BCUT2D eigenvalue weighted by Gasteiger charge is -2.27. The summed E-state index contributed by atoms with van der Waals surface area (Å²) in [5.74, 6) is 0. The first-order chi connectivity index (χ1) is 39.4. The summed E-state index contributed by atoms with van der Waals surface area (Å²) in [4.78, 5) is 4.78. The van der Waals surface area contributed by atoms with Crippen molar-refractivity contribution in [3.63, 3.8) is 0 Å². The molecular weight excluding hydrogens is 989 g/mol. The van der Waals surface area contributed by atoms with E-state index in [1.165, 1.54) is 81.8 Å². The zero-order valence-electron chi connectivity index (χ0n) is 46.3. The van der Waals surface area contributed by atoms with Gasteiger partial charge in [0.1, 0.15) is 11.2 Å². The van der Waals surface area contributed by atoms with Crippen LogP contribution in [-0.4, -0.2) is 8.80 Å². The van der Waals surface area contributed by atoms with Crippen molar-refractivity contribution < 1.29 is 8.83 Å². The zero-order valence-corrected chi connectivity index (χ0v) is 46.3. The molecule has 6 heteroatoms. The summed E-state index contributed by atoms with van der Waals surface area (Å²) in [6.07, 6.45) is 0. The minimum absolute atomic E-state index is 0.0884. The molecule has 0 fully saturated rings. The van der Waals surface area contributed by atoms with Crippen LogP contribution in [0, 0.1) is 6.92 Å². The molecule has 0 amide bonds. The minimum Gasteiger partial charge on any atom is -0.454 e. The van der Waals surface area contributed by atoms with E-state index >= 15 is 0 Å². The largest absolute Gasteiger partial charge is 0.454 e. The number of para-hydroxylation sites is 7. The van der Waals surface area contributed by atoms with Crippen molar-refractivity contribution in [2.75, 3.05) is 9.80 Å². The van der Waals surface area contributed by atoms with Gasteiger partial charge >= 0.3 is 0 Å². The highest BCUT2D eigenvalue weighted by atomic mass is 16.3. The lowest BCUT2D eigenvalue weighted by Crippen LogP contribution is -2.11. The highest BCUT2D eigenvalue weighted by Gasteiger charge is 2.29. The molecule has 6 heterocycles. The molecule has 0 atom stereocenters. The average Bonchev–Trinajstić information content (AvgIpc) is 2.87. The number of furan rings is 2. The summed E-state index contributed by atoms with van der Waals surface area (Å²) >= 11 is 0. The number of hydrogen-bond acceptors (Lipinski definition) is 4. The number of fused-ring (bicyclic) bond motifs is 18. The molecule has 17 aromatic rings. The normalized spacial score (nSPS) is 12.9. The molecule has 81 heavy (non-hydrogen) atoms. The van der Waals surface area contributed by atoms with Gasteiger partial charge in [-0.05, 0) is 90.0 Å². The molecule has 11 aromatic carbocycles. The monoisotopic (exact) mass is 1040 g/mol. The molecule has 0 saturated heterocycles. The molecule has 6 nitrogen and oxygen atoms in total. The summed E-state index contributed by atoms with van der Waals surface area (Å²) in [5, 5.41) is 14.4. The molecule has 0 spiro atoms. The number of benzene rings is 11. The van der Waals surface area contributed by atoms with Crippen LogP contribution in [0.3, 0.4) is 0 Å². The predicted octanol–water partition coefficient (Wildman–Crippen LogP) is 21.6.